The Kier molecular flexibility index (Phi) is 6.05. The van der Waals surface area contributed by atoms with Gasteiger partial charge in [0.15, 0.2) is 4.34 Å². The third-order valence-corrected chi connectivity index (χ3v) is 5.89. The summed E-state index contributed by atoms with van der Waals surface area (Å²) in [6.07, 6.45) is 3.72. The van der Waals surface area contributed by atoms with E-state index < -0.39 is 0 Å². The number of anilines is 2. The molecule has 2 amide bonds. The van der Waals surface area contributed by atoms with Gasteiger partial charge < -0.3 is 4.90 Å². The van der Waals surface area contributed by atoms with Crippen LogP contribution in [0, 0.1) is 0 Å². The van der Waals surface area contributed by atoms with Crippen molar-refractivity contribution in [3.05, 3.63) is 43.0 Å². The standard InChI is InChI=1S/C18H20N4O2S2/c1-3-11-21(14-7-5-4-6-8-14)16(24)12-25-18-20-19-17(26-18)22(13(2)23)15-9-10-15/h3-8,15H,1,9-12H2,2H3. The lowest BCUT2D eigenvalue weighted by atomic mass is 10.3. The van der Waals surface area contributed by atoms with Gasteiger partial charge in [-0.15, -0.1) is 16.8 Å². The minimum atomic E-state index is -0.0246. The van der Waals surface area contributed by atoms with Crippen molar-refractivity contribution in [1.82, 2.24) is 10.2 Å². The van der Waals surface area contributed by atoms with E-state index in [-0.39, 0.29) is 23.6 Å². The van der Waals surface area contributed by atoms with Crippen LogP contribution in [0.5, 0.6) is 0 Å². The highest BCUT2D eigenvalue weighted by atomic mass is 32.2. The van der Waals surface area contributed by atoms with E-state index in [0.717, 1.165) is 18.5 Å². The summed E-state index contributed by atoms with van der Waals surface area (Å²) in [5, 5.41) is 8.87. The molecule has 0 bridgehead atoms. The Morgan fingerprint density at radius 1 is 1.31 bits per heavy atom. The smallest absolute Gasteiger partial charge is 0.237 e. The van der Waals surface area contributed by atoms with Crippen molar-refractivity contribution in [1.29, 1.82) is 0 Å². The predicted octanol–water partition coefficient (Wildman–Crippen LogP) is 3.36. The van der Waals surface area contributed by atoms with Crippen LogP contribution in [0.4, 0.5) is 10.8 Å². The number of hydrogen-bond acceptors (Lipinski definition) is 6. The molecule has 2 aromatic rings. The van der Waals surface area contributed by atoms with Crippen molar-refractivity contribution >= 4 is 45.7 Å². The van der Waals surface area contributed by atoms with Crippen molar-refractivity contribution in [2.45, 2.75) is 30.1 Å². The SMILES string of the molecule is C=CCN(C(=O)CSc1nnc(N(C(C)=O)C2CC2)s1)c1ccccc1. The molecule has 0 unspecified atom stereocenters. The zero-order valence-corrected chi connectivity index (χ0v) is 16.1. The first-order valence-electron chi connectivity index (χ1n) is 8.32. The van der Waals surface area contributed by atoms with Crippen LogP contribution in [-0.2, 0) is 9.59 Å². The van der Waals surface area contributed by atoms with E-state index in [9.17, 15) is 9.59 Å². The van der Waals surface area contributed by atoms with E-state index in [1.165, 1.54) is 23.1 Å². The summed E-state index contributed by atoms with van der Waals surface area (Å²) in [5.74, 6) is 0.210. The maximum atomic E-state index is 12.6. The summed E-state index contributed by atoms with van der Waals surface area (Å²) in [4.78, 5) is 27.8. The fourth-order valence-electron chi connectivity index (χ4n) is 2.53. The van der Waals surface area contributed by atoms with E-state index in [1.807, 2.05) is 30.3 Å². The molecule has 1 heterocycles. The number of nitrogens with zero attached hydrogens (tertiary/aromatic N) is 4. The van der Waals surface area contributed by atoms with E-state index >= 15 is 0 Å². The summed E-state index contributed by atoms with van der Waals surface area (Å²) in [6.45, 7) is 5.72. The quantitative estimate of drug-likeness (QED) is 0.394. The van der Waals surface area contributed by atoms with Gasteiger partial charge in [0.1, 0.15) is 0 Å². The molecule has 1 aliphatic carbocycles. The molecule has 0 N–H and O–H groups in total. The third kappa shape index (κ3) is 4.50. The van der Waals surface area contributed by atoms with Gasteiger partial charge in [0.2, 0.25) is 16.9 Å². The Morgan fingerprint density at radius 2 is 2.04 bits per heavy atom. The monoisotopic (exact) mass is 388 g/mol. The molecule has 0 spiro atoms. The van der Waals surface area contributed by atoms with E-state index in [4.69, 9.17) is 0 Å². The lowest BCUT2D eigenvalue weighted by molar-refractivity contribution is -0.117. The van der Waals surface area contributed by atoms with Gasteiger partial charge in [0, 0.05) is 25.2 Å². The molecule has 1 fully saturated rings. The average Bonchev–Trinajstić information content (AvgIpc) is 3.35. The summed E-state index contributed by atoms with van der Waals surface area (Å²) < 4.78 is 0.687. The number of amides is 2. The first-order valence-corrected chi connectivity index (χ1v) is 10.1. The van der Waals surface area contributed by atoms with Crippen molar-refractivity contribution in [3.8, 4) is 0 Å². The lowest BCUT2D eigenvalue weighted by Gasteiger charge is -2.20. The molecule has 1 aliphatic rings. The van der Waals surface area contributed by atoms with Gasteiger partial charge >= 0.3 is 0 Å². The van der Waals surface area contributed by atoms with Crippen molar-refractivity contribution in [2.75, 3.05) is 22.1 Å². The number of carbonyl (C=O) groups excluding carboxylic acids is 2. The highest BCUT2D eigenvalue weighted by Gasteiger charge is 2.34. The van der Waals surface area contributed by atoms with Gasteiger partial charge in [0.05, 0.1) is 5.75 Å². The van der Waals surface area contributed by atoms with E-state index in [0.29, 0.717) is 16.0 Å². The number of hydrogen-bond donors (Lipinski definition) is 0. The fourth-order valence-corrected chi connectivity index (χ4v) is 4.36. The van der Waals surface area contributed by atoms with Crippen LogP contribution in [0.15, 0.2) is 47.3 Å². The van der Waals surface area contributed by atoms with Gasteiger partial charge in [-0.25, -0.2) is 0 Å². The van der Waals surface area contributed by atoms with Gasteiger partial charge in [0.25, 0.3) is 0 Å². The fraction of sp³-hybridized carbons (Fsp3) is 0.333. The second kappa shape index (κ2) is 8.46. The zero-order chi connectivity index (χ0) is 18.5. The molecule has 8 heteroatoms. The minimum Gasteiger partial charge on any atom is -0.308 e. The van der Waals surface area contributed by atoms with Crippen LogP contribution in [-0.4, -0.2) is 40.4 Å². The van der Waals surface area contributed by atoms with Crippen molar-refractivity contribution in [2.24, 2.45) is 0 Å². The first kappa shape index (κ1) is 18.6. The Labute approximate surface area is 160 Å². The molecule has 0 saturated heterocycles. The number of aromatic nitrogens is 2. The van der Waals surface area contributed by atoms with Crippen molar-refractivity contribution < 1.29 is 9.59 Å². The number of para-hydroxylation sites is 1. The molecule has 6 nitrogen and oxygen atoms in total. The Hall–Kier alpha value is -2.19. The maximum Gasteiger partial charge on any atom is 0.237 e. The van der Waals surface area contributed by atoms with Gasteiger partial charge in [-0.05, 0) is 25.0 Å². The summed E-state index contributed by atoms with van der Waals surface area (Å²) >= 11 is 2.70. The van der Waals surface area contributed by atoms with Gasteiger partial charge in [-0.3, -0.25) is 14.5 Å². The molecule has 1 aromatic carbocycles. The van der Waals surface area contributed by atoms with Gasteiger partial charge in [-0.2, -0.15) is 0 Å². The zero-order valence-electron chi connectivity index (χ0n) is 14.5. The second-order valence-corrected chi connectivity index (χ2v) is 8.07. The molecule has 3 rings (SSSR count). The van der Waals surface area contributed by atoms with Crippen molar-refractivity contribution in [3.63, 3.8) is 0 Å². The van der Waals surface area contributed by atoms with Crippen LogP contribution in [0.1, 0.15) is 19.8 Å². The Bertz CT molecular complexity index is 789. The number of rotatable bonds is 8. The molecule has 0 aliphatic heterocycles. The summed E-state index contributed by atoms with van der Waals surface area (Å²) in [5.41, 5.74) is 0.840. The maximum absolute atomic E-state index is 12.6. The summed E-state index contributed by atoms with van der Waals surface area (Å²) in [6, 6.07) is 9.76. The van der Waals surface area contributed by atoms with Crippen LogP contribution in [0.25, 0.3) is 0 Å². The molecule has 26 heavy (non-hydrogen) atoms. The molecular weight excluding hydrogens is 368 g/mol. The molecule has 136 valence electrons. The van der Waals surface area contributed by atoms with Crippen LogP contribution < -0.4 is 9.80 Å². The van der Waals surface area contributed by atoms with Gasteiger partial charge in [-0.1, -0.05) is 47.4 Å². The average molecular weight is 389 g/mol. The minimum absolute atomic E-state index is 0.0162. The normalized spacial score (nSPS) is 13.3. The number of benzene rings is 1. The van der Waals surface area contributed by atoms with Crippen LogP contribution in [0.2, 0.25) is 0 Å². The Morgan fingerprint density at radius 3 is 2.65 bits per heavy atom. The highest BCUT2D eigenvalue weighted by molar-refractivity contribution is 8.01. The molecule has 1 aromatic heterocycles. The molecular formula is C18H20N4O2S2. The molecule has 0 radical (unpaired) electrons. The highest BCUT2D eigenvalue weighted by Crippen LogP contribution is 2.35. The third-order valence-electron chi connectivity index (χ3n) is 3.85. The Balaban J connectivity index is 1.63. The largest absolute Gasteiger partial charge is 0.308 e. The number of thioether (sulfide) groups is 1. The van der Waals surface area contributed by atoms with Crippen LogP contribution in [0.3, 0.4) is 0 Å². The van der Waals surface area contributed by atoms with E-state index in [1.54, 1.807) is 22.8 Å². The molecule has 0 atom stereocenters. The van der Waals surface area contributed by atoms with E-state index in [2.05, 4.69) is 16.8 Å². The van der Waals surface area contributed by atoms with Crippen LogP contribution >= 0.6 is 23.1 Å². The first-order chi connectivity index (χ1) is 12.6. The lowest BCUT2D eigenvalue weighted by Crippen LogP contribution is -2.32. The summed E-state index contributed by atoms with van der Waals surface area (Å²) in [7, 11) is 0. The second-order valence-electron chi connectivity index (χ2n) is 5.89. The molecule has 1 saturated carbocycles. The topological polar surface area (TPSA) is 66.4 Å². The number of carbonyl (C=O) groups is 2. The predicted molar refractivity (Wildman–Crippen MR) is 106 cm³/mol.